The number of benzene rings is 9. The topological polar surface area (TPSA) is 16.4 Å². The minimum absolute atomic E-state index is 0.903. The molecule has 280 valence electrons. The summed E-state index contributed by atoms with van der Waals surface area (Å²) in [4.78, 5) is 2.37. The summed E-state index contributed by atoms with van der Waals surface area (Å²) in [6.07, 6.45) is 8.22. The van der Waals surface area contributed by atoms with Crippen molar-refractivity contribution in [3.63, 3.8) is 0 Å². The molecular formula is C57H41NO. The van der Waals surface area contributed by atoms with Gasteiger partial charge in [-0.05, 0) is 105 Å². The zero-order chi connectivity index (χ0) is 39.7. The van der Waals surface area contributed by atoms with Gasteiger partial charge in [-0.1, -0.05) is 183 Å². The molecule has 0 unspecified atom stereocenters. The van der Waals surface area contributed by atoms with Crippen LogP contribution in [0.3, 0.4) is 0 Å². The Morgan fingerprint density at radius 3 is 1.81 bits per heavy atom. The molecule has 0 N–H and O–H groups in total. The van der Waals surface area contributed by atoms with Crippen LogP contribution in [0.2, 0.25) is 0 Å². The summed E-state index contributed by atoms with van der Waals surface area (Å²) in [7, 11) is 0. The van der Waals surface area contributed by atoms with Gasteiger partial charge in [-0.3, -0.25) is 0 Å². The van der Waals surface area contributed by atoms with E-state index in [1.807, 2.05) is 25.1 Å². The standard InChI is InChI=1S/C57H41NO/c1-3-5-15-39(4-2)48-37-32-44(38-54(48)51-24-12-18-41-16-6-8-20-47(41)51)40-28-33-45(34-29-40)58(55-26-13-19-42-17-7-9-21-49(42)55)46-35-30-43(31-36-46)50-23-14-25-53-52-22-10-11-27-56(52)59-57(50)53/h3-38H,2H2,1H3/b5-3-,39-15+. The van der Waals surface area contributed by atoms with Crippen LogP contribution in [0.25, 0.3) is 82.4 Å². The number of anilines is 3. The van der Waals surface area contributed by atoms with Crippen molar-refractivity contribution >= 4 is 66.1 Å². The number of fused-ring (bicyclic) bond motifs is 5. The van der Waals surface area contributed by atoms with Gasteiger partial charge >= 0.3 is 0 Å². The Kier molecular flexibility index (Phi) is 9.29. The number of hydrogen-bond acceptors (Lipinski definition) is 2. The highest BCUT2D eigenvalue weighted by Gasteiger charge is 2.18. The minimum Gasteiger partial charge on any atom is -0.455 e. The molecule has 9 aromatic carbocycles. The maximum Gasteiger partial charge on any atom is 0.143 e. The van der Waals surface area contributed by atoms with E-state index in [0.717, 1.165) is 72.4 Å². The van der Waals surface area contributed by atoms with Crippen molar-refractivity contribution in [3.05, 3.63) is 231 Å². The molecule has 0 aliphatic heterocycles. The molecule has 1 aromatic heterocycles. The Hall–Kier alpha value is -7.68. The van der Waals surface area contributed by atoms with Crippen LogP contribution in [0.4, 0.5) is 17.1 Å². The number of allylic oxidation sites excluding steroid dienone is 5. The Bertz CT molecular complexity index is 3220. The first-order valence-corrected chi connectivity index (χ1v) is 20.2. The molecule has 10 rings (SSSR count). The Morgan fingerprint density at radius 1 is 0.492 bits per heavy atom. The number of nitrogens with zero attached hydrogens (tertiary/aromatic N) is 1. The minimum atomic E-state index is 0.903. The van der Waals surface area contributed by atoms with E-state index in [9.17, 15) is 0 Å². The summed E-state index contributed by atoms with van der Waals surface area (Å²) in [5.74, 6) is 0. The second-order valence-corrected chi connectivity index (χ2v) is 14.8. The lowest BCUT2D eigenvalue weighted by molar-refractivity contribution is 0.670. The molecule has 1 heterocycles. The molecule has 0 atom stereocenters. The Labute approximate surface area is 344 Å². The smallest absolute Gasteiger partial charge is 0.143 e. The molecule has 0 fully saturated rings. The fourth-order valence-corrected chi connectivity index (χ4v) is 8.52. The maximum absolute atomic E-state index is 6.42. The van der Waals surface area contributed by atoms with Gasteiger partial charge in [0, 0.05) is 33.1 Å². The van der Waals surface area contributed by atoms with Gasteiger partial charge in [0.1, 0.15) is 11.2 Å². The second kappa shape index (κ2) is 15.3. The zero-order valence-corrected chi connectivity index (χ0v) is 32.8. The first kappa shape index (κ1) is 35.7. The van der Waals surface area contributed by atoms with Crippen LogP contribution >= 0.6 is 0 Å². The van der Waals surface area contributed by atoms with Crippen LogP contribution < -0.4 is 4.90 Å². The molecule has 2 nitrogen and oxygen atoms in total. The van der Waals surface area contributed by atoms with Gasteiger partial charge in [0.05, 0.1) is 5.69 Å². The van der Waals surface area contributed by atoms with Gasteiger partial charge < -0.3 is 9.32 Å². The molecule has 2 heteroatoms. The van der Waals surface area contributed by atoms with Gasteiger partial charge in [0.2, 0.25) is 0 Å². The molecule has 0 spiro atoms. The van der Waals surface area contributed by atoms with Crippen LogP contribution in [0, 0.1) is 0 Å². The van der Waals surface area contributed by atoms with E-state index in [2.05, 4.69) is 212 Å². The van der Waals surface area contributed by atoms with Crippen molar-refractivity contribution in [2.75, 3.05) is 4.90 Å². The quantitative estimate of drug-likeness (QED) is 0.136. The van der Waals surface area contributed by atoms with Crippen molar-refractivity contribution in [1.82, 2.24) is 0 Å². The summed E-state index contributed by atoms with van der Waals surface area (Å²) in [6, 6.07) is 69.7. The van der Waals surface area contributed by atoms with E-state index in [-0.39, 0.29) is 0 Å². The van der Waals surface area contributed by atoms with Crippen molar-refractivity contribution < 1.29 is 4.42 Å². The molecule has 0 bridgehead atoms. The summed E-state index contributed by atoms with van der Waals surface area (Å²) in [5, 5.41) is 7.10. The van der Waals surface area contributed by atoms with Gasteiger partial charge in [-0.15, -0.1) is 0 Å². The summed E-state index contributed by atoms with van der Waals surface area (Å²) in [5.41, 5.74) is 14.2. The van der Waals surface area contributed by atoms with E-state index in [1.165, 1.54) is 32.7 Å². The molecule has 10 aromatic rings. The number of rotatable bonds is 9. The van der Waals surface area contributed by atoms with Crippen LogP contribution in [-0.4, -0.2) is 0 Å². The van der Waals surface area contributed by atoms with Crippen molar-refractivity contribution in [3.8, 4) is 33.4 Å². The van der Waals surface area contributed by atoms with Gasteiger partial charge in [-0.2, -0.15) is 0 Å². The second-order valence-electron chi connectivity index (χ2n) is 14.8. The predicted octanol–water partition coefficient (Wildman–Crippen LogP) is 16.5. The monoisotopic (exact) mass is 755 g/mol. The van der Waals surface area contributed by atoms with Crippen molar-refractivity contribution in [2.24, 2.45) is 0 Å². The molecule has 59 heavy (non-hydrogen) atoms. The van der Waals surface area contributed by atoms with Crippen LogP contribution in [0.5, 0.6) is 0 Å². The third kappa shape index (κ3) is 6.51. The Balaban J connectivity index is 1.08. The number of furan rings is 1. The molecule has 0 radical (unpaired) electrons. The van der Waals surface area contributed by atoms with E-state index in [1.54, 1.807) is 0 Å². The maximum atomic E-state index is 6.42. The van der Waals surface area contributed by atoms with Gasteiger partial charge in [0.15, 0.2) is 0 Å². The first-order valence-electron chi connectivity index (χ1n) is 20.2. The Morgan fingerprint density at radius 2 is 1.07 bits per heavy atom. The normalized spacial score (nSPS) is 11.9. The highest BCUT2D eigenvalue weighted by molar-refractivity contribution is 6.10. The van der Waals surface area contributed by atoms with Crippen molar-refractivity contribution in [1.29, 1.82) is 0 Å². The van der Waals surface area contributed by atoms with E-state index < -0.39 is 0 Å². The largest absolute Gasteiger partial charge is 0.455 e. The van der Waals surface area contributed by atoms with Crippen LogP contribution in [0.15, 0.2) is 229 Å². The predicted molar refractivity (Wildman–Crippen MR) is 253 cm³/mol. The lowest BCUT2D eigenvalue weighted by atomic mass is 9.88. The average Bonchev–Trinajstić information content (AvgIpc) is 3.69. The first-order chi connectivity index (χ1) is 29.2. The van der Waals surface area contributed by atoms with Gasteiger partial charge in [0.25, 0.3) is 0 Å². The van der Waals surface area contributed by atoms with E-state index in [0.29, 0.717) is 0 Å². The SMILES string of the molecule is C=C/C(=C\C=C/C)c1ccc(-c2ccc(N(c3ccc(-c4cccc5c4oc4ccccc45)cc3)c3cccc4ccccc34)cc2)cc1-c1cccc2ccccc12. The summed E-state index contributed by atoms with van der Waals surface area (Å²) < 4.78 is 6.42. The average molecular weight is 756 g/mol. The highest BCUT2D eigenvalue weighted by Crippen LogP contribution is 2.43. The van der Waals surface area contributed by atoms with E-state index in [4.69, 9.17) is 4.42 Å². The van der Waals surface area contributed by atoms with Gasteiger partial charge in [-0.25, -0.2) is 0 Å². The third-order valence-electron chi connectivity index (χ3n) is 11.4. The van der Waals surface area contributed by atoms with Crippen molar-refractivity contribution in [2.45, 2.75) is 6.92 Å². The summed E-state index contributed by atoms with van der Waals surface area (Å²) >= 11 is 0. The molecule has 0 aliphatic rings. The fourth-order valence-electron chi connectivity index (χ4n) is 8.52. The lowest BCUT2D eigenvalue weighted by Gasteiger charge is -2.27. The molecule has 0 saturated heterocycles. The third-order valence-corrected chi connectivity index (χ3v) is 11.4. The lowest BCUT2D eigenvalue weighted by Crippen LogP contribution is -2.10. The number of para-hydroxylation sites is 2. The molecule has 0 amide bonds. The fraction of sp³-hybridized carbons (Fsp3) is 0.0175. The van der Waals surface area contributed by atoms with Crippen LogP contribution in [0.1, 0.15) is 12.5 Å². The van der Waals surface area contributed by atoms with Crippen LogP contribution in [-0.2, 0) is 0 Å². The molecule has 0 saturated carbocycles. The number of hydrogen-bond donors (Lipinski definition) is 0. The summed E-state index contributed by atoms with van der Waals surface area (Å²) in [6.45, 7) is 6.23. The molecular weight excluding hydrogens is 715 g/mol. The van der Waals surface area contributed by atoms with E-state index >= 15 is 0 Å². The molecule has 0 aliphatic carbocycles. The highest BCUT2D eigenvalue weighted by atomic mass is 16.3. The zero-order valence-electron chi connectivity index (χ0n) is 32.8.